The largest absolute Gasteiger partial charge is 0.391 e. The molecular formula is C12H19NO3. The van der Waals surface area contributed by atoms with Crippen molar-refractivity contribution in [2.45, 2.75) is 39.2 Å². The highest BCUT2D eigenvalue weighted by Crippen LogP contribution is 2.39. The minimum atomic E-state index is -0.605. The summed E-state index contributed by atoms with van der Waals surface area (Å²) in [5.41, 5.74) is 0. The predicted molar refractivity (Wildman–Crippen MR) is 58.4 cm³/mol. The molecule has 0 radical (unpaired) electrons. The maximum Gasteiger partial charge on any atom is 0.233 e. The minimum absolute atomic E-state index is 0.0628. The van der Waals surface area contributed by atoms with Crippen molar-refractivity contribution in [2.75, 3.05) is 6.54 Å². The fraction of sp³-hybridized carbons (Fsp3) is 0.833. The second kappa shape index (κ2) is 4.17. The molecule has 2 rings (SSSR count). The second-order valence-electron chi connectivity index (χ2n) is 5.24. The first kappa shape index (κ1) is 11.6. The number of rotatable bonds is 3. The van der Waals surface area contributed by atoms with Gasteiger partial charge in [-0.05, 0) is 18.8 Å². The zero-order chi connectivity index (χ0) is 11.9. The van der Waals surface area contributed by atoms with Crippen LogP contribution in [0.3, 0.4) is 0 Å². The first-order valence-corrected chi connectivity index (χ1v) is 6.05. The van der Waals surface area contributed by atoms with E-state index in [9.17, 15) is 14.7 Å². The first-order valence-electron chi connectivity index (χ1n) is 6.05. The van der Waals surface area contributed by atoms with Crippen molar-refractivity contribution < 1.29 is 14.7 Å². The molecule has 0 bridgehead atoms. The molecule has 3 unspecified atom stereocenters. The zero-order valence-electron chi connectivity index (χ0n) is 9.85. The van der Waals surface area contributed by atoms with E-state index in [1.165, 1.54) is 4.90 Å². The summed E-state index contributed by atoms with van der Waals surface area (Å²) >= 11 is 0. The van der Waals surface area contributed by atoms with Crippen LogP contribution in [0.25, 0.3) is 0 Å². The molecule has 1 N–H and O–H groups in total. The summed E-state index contributed by atoms with van der Waals surface area (Å²) in [7, 11) is 0. The summed E-state index contributed by atoms with van der Waals surface area (Å²) in [6.07, 6.45) is 2.05. The quantitative estimate of drug-likeness (QED) is 0.722. The second-order valence-corrected chi connectivity index (χ2v) is 5.24. The van der Waals surface area contributed by atoms with Gasteiger partial charge in [0.15, 0.2) is 0 Å². The van der Waals surface area contributed by atoms with Gasteiger partial charge < -0.3 is 5.11 Å². The summed E-state index contributed by atoms with van der Waals surface area (Å²) in [6.45, 7) is 3.94. The highest BCUT2D eigenvalue weighted by molar-refractivity contribution is 6.05. The van der Waals surface area contributed by atoms with Crippen LogP contribution in [0.4, 0.5) is 0 Å². The van der Waals surface area contributed by atoms with Crippen molar-refractivity contribution >= 4 is 11.8 Å². The highest BCUT2D eigenvalue weighted by atomic mass is 16.3. The van der Waals surface area contributed by atoms with Gasteiger partial charge in [0.2, 0.25) is 11.8 Å². The molecule has 1 saturated heterocycles. The lowest BCUT2D eigenvalue weighted by atomic mass is 10.00. The maximum absolute atomic E-state index is 11.9. The Hall–Kier alpha value is -0.900. The number of fused-ring (bicyclic) bond motifs is 1. The number of amides is 2. The van der Waals surface area contributed by atoms with Gasteiger partial charge in [0.25, 0.3) is 0 Å². The molecule has 2 amide bonds. The maximum atomic E-state index is 11.9. The van der Waals surface area contributed by atoms with E-state index in [-0.39, 0.29) is 36.1 Å². The topological polar surface area (TPSA) is 57.6 Å². The van der Waals surface area contributed by atoms with Gasteiger partial charge in [-0.2, -0.15) is 0 Å². The van der Waals surface area contributed by atoms with E-state index in [4.69, 9.17) is 0 Å². The average molecular weight is 225 g/mol. The third-order valence-electron chi connectivity index (χ3n) is 3.82. The molecule has 1 aliphatic heterocycles. The van der Waals surface area contributed by atoms with Crippen molar-refractivity contribution in [3.05, 3.63) is 0 Å². The van der Waals surface area contributed by atoms with Crippen molar-refractivity contribution in [3.8, 4) is 0 Å². The van der Waals surface area contributed by atoms with Crippen LogP contribution in [0.15, 0.2) is 0 Å². The number of carbonyl (C=O) groups is 2. The highest BCUT2D eigenvalue weighted by Gasteiger charge is 2.49. The number of aliphatic hydroxyl groups excluding tert-OH is 1. The predicted octanol–water partition coefficient (Wildman–Crippen LogP) is 0.788. The van der Waals surface area contributed by atoms with Crippen molar-refractivity contribution in [1.82, 2.24) is 4.90 Å². The third kappa shape index (κ3) is 1.75. The summed E-state index contributed by atoms with van der Waals surface area (Å²) in [5.74, 6) is -0.237. The number of β-amino-alcohol motifs (C(OH)–C–C–N with tert-alkyl or cyclic N) is 1. The lowest BCUT2D eigenvalue weighted by Gasteiger charge is -2.22. The molecule has 1 heterocycles. The van der Waals surface area contributed by atoms with E-state index in [0.717, 1.165) is 19.3 Å². The smallest absolute Gasteiger partial charge is 0.233 e. The Bertz CT molecular complexity index is 291. The standard InChI is InChI=1S/C12H19NO3/c1-7(2)10(14)6-13-11(15)8-4-3-5-9(8)12(13)16/h7-10,14H,3-6H2,1-2H3. The van der Waals surface area contributed by atoms with Crippen LogP contribution >= 0.6 is 0 Å². The van der Waals surface area contributed by atoms with E-state index in [2.05, 4.69) is 0 Å². The zero-order valence-corrected chi connectivity index (χ0v) is 9.85. The molecule has 1 aliphatic carbocycles. The van der Waals surface area contributed by atoms with Gasteiger partial charge >= 0.3 is 0 Å². The Kier molecular flexibility index (Phi) is 3.02. The fourth-order valence-corrected chi connectivity index (χ4v) is 2.64. The molecule has 0 aromatic carbocycles. The van der Waals surface area contributed by atoms with Gasteiger partial charge in [-0.15, -0.1) is 0 Å². The first-order chi connectivity index (χ1) is 7.52. The van der Waals surface area contributed by atoms with Crippen LogP contribution < -0.4 is 0 Å². The molecule has 0 aromatic rings. The number of likely N-dealkylation sites (tertiary alicyclic amines) is 1. The van der Waals surface area contributed by atoms with Crippen LogP contribution in [0, 0.1) is 17.8 Å². The molecule has 2 aliphatic rings. The van der Waals surface area contributed by atoms with Gasteiger partial charge in [-0.3, -0.25) is 14.5 Å². The summed E-state index contributed by atoms with van der Waals surface area (Å²) < 4.78 is 0. The van der Waals surface area contributed by atoms with Gasteiger partial charge in [0, 0.05) is 0 Å². The van der Waals surface area contributed by atoms with E-state index in [1.807, 2.05) is 13.8 Å². The van der Waals surface area contributed by atoms with Crippen molar-refractivity contribution in [1.29, 1.82) is 0 Å². The number of carbonyl (C=O) groups excluding carboxylic acids is 2. The number of imide groups is 1. The molecule has 16 heavy (non-hydrogen) atoms. The van der Waals surface area contributed by atoms with Gasteiger partial charge in [-0.25, -0.2) is 0 Å². The van der Waals surface area contributed by atoms with Crippen LogP contribution in [0.2, 0.25) is 0 Å². The molecule has 0 spiro atoms. The molecular weight excluding hydrogens is 206 g/mol. The van der Waals surface area contributed by atoms with E-state index in [1.54, 1.807) is 0 Å². The van der Waals surface area contributed by atoms with Crippen LogP contribution in [-0.4, -0.2) is 34.5 Å². The number of hydrogen-bond donors (Lipinski definition) is 1. The number of aliphatic hydroxyl groups is 1. The average Bonchev–Trinajstić information content (AvgIpc) is 2.78. The summed E-state index contributed by atoms with van der Waals surface area (Å²) in [6, 6.07) is 0. The Labute approximate surface area is 95.6 Å². The number of hydrogen-bond acceptors (Lipinski definition) is 3. The lowest BCUT2D eigenvalue weighted by Crippen LogP contribution is -2.40. The summed E-state index contributed by atoms with van der Waals surface area (Å²) in [5, 5.41) is 9.74. The molecule has 4 heteroatoms. The molecule has 1 saturated carbocycles. The fourth-order valence-electron chi connectivity index (χ4n) is 2.64. The van der Waals surface area contributed by atoms with Crippen LogP contribution in [0.5, 0.6) is 0 Å². The normalized spacial score (nSPS) is 31.4. The number of nitrogens with zero attached hydrogens (tertiary/aromatic N) is 1. The van der Waals surface area contributed by atoms with Crippen LogP contribution in [0.1, 0.15) is 33.1 Å². The van der Waals surface area contributed by atoms with Crippen molar-refractivity contribution in [2.24, 2.45) is 17.8 Å². The monoisotopic (exact) mass is 225 g/mol. The summed E-state index contributed by atoms with van der Waals surface area (Å²) in [4.78, 5) is 25.2. The minimum Gasteiger partial charge on any atom is -0.391 e. The third-order valence-corrected chi connectivity index (χ3v) is 3.82. The van der Waals surface area contributed by atoms with Crippen molar-refractivity contribution in [3.63, 3.8) is 0 Å². The van der Waals surface area contributed by atoms with E-state index in [0.29, 0.717) is 0 Å². The molecule has 4 nitrogen and oxygen atoms in total. The van der Waals surface area contributed by atoms with Crippen LogP contribution in [-0.2, 0) is 9.59 Å². The Morgan fingerprint density at radius 2 is 1.75 bits per heavy atom. The Morgan fingerprint density at radius 3 is 2.19 bits per heavy atom. The van der Waals surface area contributed by atoms with Gasteiger partial charge in [0.1, 0.15) is 0 Å². The van der Waals surface area contributed by atoms with E-state index >= 15 is 0 Å². The Balaban J connectivity index is 2.06. The molecule has 3 atom stereocenters. The molecule has 2 fully saturated rings. The Morgan fingerprint density at radius 1 is 1.25 bits per heavy atom. The van der Waals surface area contributed by atoms with Gasteiger partial charge in [0.05, 0.1) is 24.5 Å². The van der Waals surface area contributed by atoms with E-state index < -0.39 is 6.10 Å². The SMILES string of the molecule is CC(C)C(O)CN1C(=O)C2CCCC2C1=O. The molecule has 90 valence electrons. The lowest BCUT2D eigenvalue weighted by molar-refractivity contribution is -0.142. The van der Waals surface area contributed by atoms with Gasteiger partial charge in [-0.1, -0.05) is 20.3 Å². The molecule has 0 aromatic heterocycles.